The first-order valence-electron chi connectivity index (χ1n) is 7.29. The number of carbonyl (C=O) groups excluding carboxylic acids is 3. The van der Waals surface area contributed by atoms with Crippen molar-refractivity contribution in [2.24, 2.45) is 0 Å². The Kier molecular flexibility index (Phi) is 3.09. The van der Waals surface area contributed by atoms with Crippen molar-refractivity contribution in [3.05, 3.63) is 71.6 Å². The summed E-state index contributed by atoms with van der Waals surface area (Å²) in [5.74, 6) is -0.843. The number of imide groups is 1. The van der Waals surface area contributed by atoms with Crippen molar-refractivity contribution in [1.82, 2.24) is 15.3 Å². The van der Waals surface area contributed by atoms with E-state index >= 15 is 0 Å². The highest BCUT2D eigenvalue weighted by Crippen LogP contribution is 2.20. The Balaban J connectivity index is 1.65. The van der Waals surface area contributed by atoms with Gasteiger partial charge >= 0.3 is 0 Å². The standard InChI is InChI=1S/C18H11N3O3/c22-15-9-12(18(24)21-15)10-5-7-11(8-6-10)16(23)17-19-13-3-1-2-4-14(13)20-17/h1-9H,(H,19,20)(H,21,22,24). The number of nitrogens with zero attached hydrogens (tertiary/aromatic N) is 1. The van der Waals surface area contributed by atoms with Crippen LogP contribution in [0.15, 0.2) is 54.6 Å². The van der Waals surface area contributed by atoms with E-state index in [2.05, 4.69) is 15.3 Å². The van der Waals surface area contributed by atoms with Crippen LogP contribution in [-0.2, 0) is 9.59 Å². The van der Waals surface area contributed by atoms with Gasteiger partial charge in [-0.05, 0) is 17.7 Å². The van der Waals surface area contributed by atoms with Crippen molar-refractivity contribution in [3.8, 4) is 0 Å². The van der Waals surface area contributed by atoms with Crippen molar-refractivity contribution in [1.29, 1.82) is 0 Å². The predicted molar refractivity (Wildman–Crippen MR) is 87.1 cm³/mol. The number of hydrogen-bond donors (Lipinski definition) is 2. The molecule has 0 atom stereocenters. The average Bonchev–Trinajstić information content (AvgIpc) is 3.17. The number of ketones is 1. The Morgan fingerprint density at radius 3 is 2.38 bits per heavy atom. The van der Waals surface area contributed by atoms with E-state index in [0.29, 0.717) is 16.7 Å². The lowest BCUT2D eigenvalue weighted by Crippen LogP contribution is -2.21. The third-order valence-electron chi connectivity index (χ3n) is 3.82. The van der Waals surface area contributed by atoms with Crippen molar-refractivity contribution in [3.63, 3.8) is 0 Å². The summed E-state index contributed by atoms with van der Waals surface area (Å²) in [5.41, 5.74) is 2.85. The van der Waals surface area contributed by atoms with E-state index < -0.39 is 11.8 Å². The van der Waals surface area contributed by atoms with Gasteiger partial charge in [-0.15, -0.1) is 0 Å². The van der Waals surface area contributed by atoms with Crippen LogP contribution in [0.5, 0.6) is 0 Å². The summed E-state index contributed by atoms with van der Waals surface area (Å²) in [6.45, 7) is 0. The molecule has 1 aliphatic heterocycles. The Morgan fingerprint density at radius 2 is 1.71 bits per heavy atom. The van der Waals surface area contributed by atoms with Gasteiger partial charge in [-0.3, -0.25) is 19.7 Å². The number of benzene rings is 2. The molecule has 0 spiro atoms. The molecule has 0 fully saturated rings. The van der Waals surface area contributed by atoms with E-state index in [1.807, 2.05) is 24.3 Å². The molecule has 0 saturated heterocycles. The first kappa shape index (κ1) is 14.1. The fourth-order valence-corrected chi connectivity index (χ4v) is 2.62. The molecule has 2 aromatic carbocycles. The van der Waals surface area contributed by atoms with Crippen molar-refractivity contribution < 1.29 is 14.4 Å². The quantitative estimate of drug-likeness (QED) is 0.569. The first-order chi connectivity index (χ1) is 11.6. The zero-order chi connectivity index (χ0) is 16.7. The van der Waals surface area contributed by atoms with Gasteiger partial charge < -0.3 is 4.98 Å². The van der Waals surface area contributed by atoms with Crippen molar-refractivity contribution >= 4 is 34.2 Å². The SMILES string of the molecule is O=C1C=C(c2ccc(C(=O)c3nc4ccccc4[nH]3)cc2)C(=O)N1. The number of amides is 2. The minimum Gasteiger partial charge on any atom is -0.335 e. The number of carbonyl (C=O) groups is 3. The molecule has 6 nitrogen and oxygen atoms in total. The molecule has 1 aromatic heterocycles. The molecule has 0 aliphatic carbocycles. The fraction of sp³-hybridized carbons (Fsp3) is 0. The second-order valence-corrected chi connectivity index (χ2v) is 5.39. The minimum absolute atomic E-state index is 0.237. The van der Waals surface area contributed by atoms with Crippen molar-refractivity contribution in [2.45, 2.75) is 0 Å². The molecule has 6 heteroatoms. The molecular formula is C18H11N3O3. The number of imidazole rings is 1. The lowest BCUT2D eigenvalue weighted by atomic mass is 10.0. The number of para-hydroxylation sites is 2. The zero-order valence-electron chi connectivity index (χ0n) is 12.4. The second kappa shape index (κ2) is 5.27. The van der Waals surface area contributed by atoms with Crippen LogP contribution in [-0.4, -0.2) is 27.6 Å². The molecule has 3 aromatic rings. The summed E-state index contributed by atoms with van der Waals surface area (Å²) in [4.78, 5) is 42.7. The third kappa shape index (κ3) is 2.30. The molecule has 24 heavy (non-hydrogen) atoms. The Hall–Kier alpha value is -3.54. The third-order valence-corrected chi connectivity index (χ3v) is 3.82. The van der Waals surface area contributed by atoms with Crippen LogP contribution < -0.4 is 5.32 Å². The number of aromatic amines is 1. The van der Waals surface area contributed by atoms with Crippen molar-refractivity contribution in [2.75, 3.05) is 0 Å². The largest absolute Gasteiger partial charge is 0.335 e. The number of H-pyrrole nitrogens is 1. The normalized spacial score (nSPS) is 13.9. The highest BCUT2D eigenvalue weighted by Gasteiger charge is 2.22. The number of nitrogens with one attached hydrogen (secondary N) is 2. The predicted octanol–water partition coefficient (Wildman–Crippen LogP) is 1.83. The summed E-state index contributed by atoms with van der Waals surface area (Å²) in [6.07, 6.45) is 1.25. The summed E-state index contributed by atoms with van der Waals surface area (Å²) in [6, 6.07) is 13.9. The highest BCUT2D eigenvalue weighted by molar-refractivity contribution is 6.33. The van der Waals surface area contributed by atoms with E-state index in [4.69, 9.17) is 0 Å². The maximum absolute atomic E-state index is 12.5. The van der Waals surface area contributed by atoms with Gasteiger partial charge in [0.25, 0.3) is 11.8 Å². The highest BCUT2D eigenvalue weighted by atomic mass is 16.2. The van der Waals surface area contributed by atoms with E-state index in [0.717, 1.165) is 11.0 Å². The van der Waals surface area contributed by atoms with E-state index in [-0.39, 0.29) is 11.6 Å². The van der Waals surface area contributed by atoms with Gasteiger partial charge in [-0.25, -0.2) is 4.98 Å². The number of hydrogen-bond acceptors (Lipinski definition) is 4. The fourth-order valence-electron chi connectivity index (χ4n) is 2.62. The van der Waals surface area contributed by atoms with Gasteiger partial charge in [0.2, 0.25) is 5.78 Å². The van der Waals surface area contributed by atoms with Gasteiger partial charge in [-0.2, -0.15) is 0 Å². The number of aromatic nitrogens is 2. The molecule has 2 heterocycles. The lowest BCUT2D eigenvalue weighted by molar-refractivity contribution is -0.123. The molecule has 4 rings (SSSR count). The molecule has 116 valence electrons. The maximum atomic E-state index is 12.5. The van der Waals surface area contributed by atoms with Crippen LogP contribution in [0, 0.1) is 0 Å². The topological polar surface area (TPSA) is 91.9 Å². The van der Waals surface area contributed by atoms with E-state index in [1.165, 1.54) is 6.08 Å². The molecular weight excluding hydrogens is 306 g/mol. The van der Waals surface area contributed by atoms with E-state index in [9.17, 15) is 14.4 Å². The van der Waals surface area contributed by atoms with Gasteiger partial charge in [0.05, 0.1) is 16.6 Å². The van der Waals surface area contributed by atoms with Crippen LogP contribution >= 0.6 is 0 Å². The van der Waals surface area contributed by atoms with Crippen LogP contribution in [0.2, 0.25) is 0 Å². The van der Waals surface area contributed by atoms with Crippen LogP contribution in [0.3, 0.4) is 0 Å². The van der Waals surface area contributed by atoms with Gasteiger partial charge in [0.15, 0.2) is 5.82 Å². The Morgan fingerprint density at radius 1 is 0.958 bits per heavy atom. The van der Waals surface area contributed by atoms with E-state index in [1.54, 1.807) is 24.3 Å². The summed E-state index contributed by atoms with van der Waals surface area (Å²) in [7, 11) is 0. The molecule has 2 amide bonds. The second-order valence-electron chi connectivity index (χ2n) is 5.39. The summed E-state index contributed by atoms with van der Waals surface area (Å²) >= 11 is 0. The average molecular weight is 317 g/mol. The molecule has 2 N–H and O–H groups in total. The smallest absolute Gasteiger partial charge is 0.258 e. The monoisotopic (exact) mass is 317 g/mol. The Bertz CT molecular complexity index is 996. The Labute approximate surface area is 136 Å². The molecule has 0 radical (unpaired) electrons. The zero-order valence-corrected chi connectivity index (χ0v) is 12.4. The first-order valence-corrected chi connectivity index (χ1v) is 7.29. The maximum Gasteiger partial charge on any atom is 0.258 e. The molecule has 0 unspecified atom stereocenters. The lowest BCUT2D eigenvalue weighted by Gasteiger charge is -2.02. The molecule has 0 bridgehead atoms. The van der Waals surface area contributed by atoms with Crippen LogP contribution in [0.25, 0.3) is 16.6 Å². The van der Waals surface area contributed by atoms with Crippen LogP contribution in [0.4, 0.5) is 0 Å². The van der Waals surface area contributed by atoms with Gasteiger partial charge in [0, 0.05) is 11.6 Å². The molecule has 1 aliphatic rings. The summed E-state index contributed by atoms with van der Waals surface area (Å²) < 4.78 is 0. The summed E-state index contributed by atoms with van der Waals surface area (Å²) in [5, 5.41) is 2.19. The van der Waals surface area contributed by atoms with Crippen LogP contribution in [0.1, 0.15) is 21.7 Å². The minimum atomic E-state index is -0.434. The van der Waals surface area contributed by atoms with Gasteiger partial charge in [0.1, 0.15) is 0 Å². The number of rotatable bonds is 3. The van der Waals surface area contributed by atoms with Gasteiger partial charge in [-0.1, -0.05) is 36.4 Å². The number of fused-ring (bicyclic) bond motifs is 1. The molecule has 0 saturated carbocycles.